The van der Waals surface area contributed by atoms with E-state index < -0.39 is 0 Å². The Bertz CT molecular complexity index is 394. The van der Waals surface area contributed by atoms with Crippen LogP contribution in [0.2, 0.25) is 0 Å². The summed E-state index contributed by atoms with van der Waals surface area (Å²) in [5.41, 5.74) is 7.31. The van der Waals surface area contributed by atoms with Gasteiger partial charge in [-0.25, -0.2) is 0 Å². The normalized spacial score (nSPS) is 13.9. The van der Waals surface area contributed by atoms with Crippen LogP contribution < -0.4 is 5.73 Å². The van der Waals surface area contributed by atoms with Crippen LogP contribution in [0.3, 0.4) is 0 Å². The molecule has 0 spiro atoms. The first-order valence-electron chi connectivity index (χ1n) is 8.50. The molecule has 0 aliphatic carbocycles. The number of ether oxygens (including phenoxy) is 1. The van der Waals surface area contributed by atoms with Crippen molar-refractivity contribution < 1.29 is 4.74 Å². The van der Waals surface area contributed by atoms with E-state index >= 15 is 0 Å². The Morgan fingerprint density at radius 2 is 1.81 bits per heavy atom. The highest BCUT2D eigenvalue weighted by Crippen LogP contribution is 2.26. The van der Waals surface area contributed by atoms with Crippen molar-refractivity contribution in [3.8, 4) is 0 Å². The van der Waals surface area contributed by atoms with Gasteiger partial charge in [0, 0.05) is 25.3 Å². The predicted molar refractivity (Wildman–Crippen MR) is 88.5 cm³/mol. The zero-order valence-corrected chi connectivity index (χ0v) is 14.4. The van der Waals surface area contributed by atoms with E-state index in [0.717, 1.165) is 37.8 Å². The molecule has 4 nitrogen and oxygen atoms in total. The lowest BCUT2D eigenvalue weighted by atomic mass is 9.86. The van der Waals surface area contributed by atoms with E-state index in [4.69, 9.17) is 15.6 Å². The van der Waals surface area contributed by atoms with Gasteiger partial charge in [0.15, 0.2) is 0 Å². The zero-order chi connectivity index (χ0) is 15.9. The van der Waals surface area contributed by atoms with Crippen LogP contribution in [0.1, 0.15) is 72.0 Å². The van der Waals surface area contributed by atoms with Crippen LogP contribution in [0.4, 0.5) is 0 Å². The van der Waals surface area contributed by atoms with Gasteiger partial charge in [-0.2, -0.15) is 5.10 Å². The highest BCUT2D eigenvalue weighted by Gasteiger charge is 2.34. The lowest BCUT2D eigenvalue weighted by Crippen LogP contribution is -2.50. The second-order valence-electron chi connectivity index (χ2n) is 5.77. The third-order valence-electron chi connectivity index (χ3n) is 4.71. The van der Waals surface area contributed by atoms with Crippen LogP contribution in [0.5, 0.6) is 0 Å². The van der Waals surface area contributed by atoms with Crippen molar-refractivity contribution in [2.24, 2.45) is 5.73 Å². The number of rotatable bonds is 10. The van der Waals surface area contributed by atoms with Gasteiger partial charge in [0.05, 0.1) is 17.3 Å². The highest BCUT2D eigenvalue weighted by atomic mass is 16.5. The summed E-state index contributed by atoms with van der Waals surface area (Å²) in [6.07, 6.45) is 6.94. The van der Waals surface area contributed by atoms with Crippen molar-refractivity contribution >= 4 is 0 Å². The fraction of sp³-hybridized carbons (Fsp3) is 0.824. The van der Waals surface area contributed by atoms with Crippen LogP contribution in [-0.2, 0) is 11.2 Å². The second-order valence-corrected chi connectivity index (χ2v) is 5.77. The van der Waals surface area contributed by atoms with Crippen LogP contribution in [0.25, 0.3) is 0 Å². The molecule has 1 rings (SSSR count). The lowest BCUT2D eigenvalue weighted by Gasteiger charge is -2.37. The minimum Gasteiger partial charge on any atom is -0.374 e. The van der Waals surface area contributed by atoms with Gasteiger partial charge < -0.3 is 10.5 Å². The minimum atomic E-state index is -0.229. The van der Waals surface area contributed by atoms with Crippen LogP contribution in [0, 0.1) is 0 Å². The molecule has 1 unspecified atom stereocenters. The van der Waals surface area contributed by atoms with E-state index in [1.165, 1.54) is 0 Å². The van der Waals surface area contributed by atoms with Crippen molar-refractivity contribution in [3.63, 3.8) is 0 Å². The summed E-state index contributed by atoms with van der Waals surface area (Å²) < 4.78 is 8.08. The average Bonchev–Trinajstić information content (AvgIpc) is 2.94. The Morgan fingerprint density at radius 1 is 1.19 bits per heavy atom. The molecule has 0 saturated heterocycles. The molecule has 21 heavy (non-hydrogen) atoms. The van der Waals surface area contributed by atoms with Gasteiger partial charge >= 0.3 is 0 Å². The van der Waals surface area contributed by atoms with E-state index in [0.29, 0.717) is 12.6 Å². The molecule has 0 bridgehead atoms. The average molecular weight is 295 g/mol. The number of hydrogen-bond donors (Lipinski definition) is 1. The Labute approximate surface area is 130 Å². The molecule has 4 heteroatoms. The first kappa shape index (κ1) is 18.2. The Balaban J connectivity index is 2.80. The summed E-state index contributed by atoms with van der Waals surface area (Å²) in [6, 6.07) is 2.57. The molecule has 2 N–H and O–H groups in total. The van der Waals surface area contributed by atoms with Crippen molar-refractivity contribution in [1.82, 2.24) is 9.78 Å². The fourth-order valence-electron chi connectivity index (χ4n) is 3.14. The molecule has 1 aromatic rings. The Kier molecular flexibility index (Phi) is 7.40. The summed E-state index contributed by atoms with van der Waals surface area (Å²) in [5, 5.41) is 4.72. The SMILES string of the molecule is CCOC(CC)(CC)C(N)Cc1ccn(C(CC)CC)n1. The molecular formula is C17H33N3O. The summed E-state index contributed by atoms with van der Waals surface area (Å²) >= 11 is 0. The lowest BCUT2D eigenvalue weighted by molar-refractivity contribution is -0.0635. The number of hydrogen-bond acceptors (Lipinski definition) is 3. The maximum absolute atomic E-state index is 6.47. The fourth-order valence-corrected chi connectivity index (χ4v) is 3.14. The van der Waals surface area contributed by atoms with E-state index in [-0.39, 0.29) is 11.6 Å². The van der Waals surface area contributed by atoms with Gasteiger partial charge in [-0.05, 0) is 38.7 Å². The first-order chi connectivity index (χ1) is 10.1. The van der Waals surface area contributed by atoms with Crippen LogP contribution >= 0.6 is 0 Å². The molecule has 0 radical (unpaired) electrons. The molecule has 0 aliphatic heterocycles. The molecular weight excluding hydrogens is 262 g/mol. The standard InChI is InChI=1S/C17H33N3O/c1-6-15(7-2)20-12-11-14(19-20)13-16(18)17(8-3,9-4)21-10-5/h11-12,15-16H,6-10,13,18H2,1-5H3. The summed E-state index contributed by atoms with van der Waals surface area (Å²) in [7, 11) is 0. The third kappa shape index (κ3) is 4.30. The zero-order valence-electron chi connectivity index (χ0n) is 14.4. The summed E-state index contributed by atoms with van der Waals surface area (Å²) in [4.78, 5) is 0. The molecule has 0 aliphatic rings. The van der Waals surface area contributed by atoms with Gasteiger partial charge in [0.2, 0.25) is 0 Å². The van der Waals surface area contributed by atoms with Gasteiger partial charge in [0.25, 0.3) is 0 Å². The van der Waals surface area contributed by atoms with E-state index in [2.05, 4.69) is 44.6 Å². The minimum absolute atomic E-state index is 0.0162. The number of nitrogens with zero attached hydrogens (tertiary/aromatic N) is 2. The van der Waals surface area contributed by atoms with Gasteiger partial charge in [-0.3, -0.25) is 4.68 Å². The first-order valence-corrected chi connectivity index (χ1v) is 8.50. The molecule has 0 amide bonds. The molecule has 1 atom stereocenters. The molecule has 1 aromatic heterocycles. The maximum Gasteiger partial charge on any atom is 0.0831 e. The van der Waals surface area contributed by atoms with Crippen LogP contribution in [-0.4, -0.2) is 28.0 Å². The van der Waals surface area contributed by atoms with Crippen molar-refractivity contribution in [1.29, 1.82) is 0 Å². The number of aromatic nitrogens is 2. The predicted octanol–water partition coefficient (Wildman–Crippen LogP) is 3.71. The van der Waals surface area contributed by atoms with Crippen molar-refractivity contribution in [2.75, 3.05) is 6.61 Å². The molecule has 0 aromatic carbocycles. The Hall–Kier alpha value is -0.870. The highest BCUT2D eigenvalue weighted by molar-refractivity contribution is 5.05. The third-order valence-corrected chi connectivity index (χ3v) is 4.71. The topological polar surface area (TPSA) is 53.1 Å². The smallest absolute Gasteiger partial charge is 0.0831 e. The largest absolute Gasteiger partial charge is 0.374 e. The maximum atomic E-state index is 6.47. The van der Waals surface area contributed by atoms with Crippen molar-refractivity contribution in [2.45, 2.75) is 84.4 Å². The summed E-state index contributed by atoms with van der Waals surface area (Å²) in [5.74, 6) is 0. The molecule has 0 fully saturated rings. The van der Waals surface area contributed by atoms with E-state index in [1.54, 1.807) is 0 Å². The second kappa shape index (κ2) is 8.54. The Morgan fingerprint density at radius 3 is 2.29 bits per heavy atom. The van der Waals surface area contributed by atoms with Gasteiger partial charge in [0.1, 0.15) is 0 Å². The molecule has 0 saturated carbocycles. The quantitative estimate of drug-likeness (QED) is 0.716. The molecule has 122 valence electrons. The monoisotopic (exact) mass is 295 g/mol. The van der Waals surface area contributed by atoms with Gasteiger partial charge in [-0.1, -0.05) is 27.7 Å². The van der Waals surface area contributed by atoms with Crippen molar-refractivity contribution in [3.05, 3.63) is 18.0 Å². The van der Waals surface area contributed by atoms with Gasteiger partial charge in [-0.15, -0.1) is 0 Å². The van der Waals surface area contributed by atoms with Crippen LogP contribution in [0.15, 0.2) is 12.3 Å². The van der Waals surface area contributed by atoms with E-state index in [9.17, 15) is 0 Å². The van der Waals surface area contributed by atoms with E-state index in [1.807, 2.05) is 6.92 Å². The number of nitrogens with two attached hydrogens (primary N) is 1. The molecule has 1 heterocycles. The summed E-state index contributed by atoms with van der Waals surface area (Å²) in [6.45, 7) is 11.5.